The number of amides is 2. The van der Waals surface area contributed by atoms with E-state index in [0.717, 1.165) is 11.6 Å². The smallest absolute Gasteiger partial charge is 0.262 e. The molecule has 0 fully saturated rings. The van der Waals surface area contributed by atoms with Crippen molar-refractivity contribution >= 4 is 17.5 Å². The van der Waals surface area contributed by atoms with E-state index >= 15 is 0 Å². The first-order valence-corrected chi connectivity index (χ1v) is 12.1. The van der Waals surface area contributed by atoms with Gasteiger partial charge in [-0.05, 0) is 48.0 Å². The lowest BCUT2D eigenvalue weighted by Gasteiger charge is -2.25. The summed E-state index contributed by atoms with van der Waals surface area (Å²) in [5.41, 5.74) is 2.26. The topological polar surface area (TPSA) is 89.9 Å². The third-order valence-corrected chi connectivity index (χ3v) is 6.47. The maximum atomic E-state index is 13.7. The third kappa shape index (κ3) is 5.79. The molecule has 0 aliphatic carbocycles. The van der Waals surface area contributed by atoms with Crippen LogP contribution in [0.1, 0.15) is 33.9 Å². The Balaban J connectivity index is 1.68. The van der Waals surface area contributed by atoms with Crippen molar-refractivity contribution in [2.75, 3.05) is 42.0 Å². The van der Waals surface area contributed by atoms with E-state index in [1.807, 2.05) is 12.1 Å². The van der Waals surface area contributed by atoms with Gasteiger partial charge < -0.3 is 23.8 Å². The summed E-state index contributed by atoms with van der Waals surface area (Å²) in [5, 5.41) is 6.06. The predicted octanol–water partition coefficient (Wildman–Crippen LogP) is 4.31. The van der Waals surface area contributed by atoms with Crippen LogP contribution in [-0.4, -0.2) is 69.5 Å². The fourth-order valence-corrected chi connectivity index (χ4v) is 4.45. The number of carbonyl (C=O) groups excluding carboxylic acids is 2. The number of halogens is 1. The summed E-state index contributed by atoms with van der Waals surface area (Å²) in [7, 11) is 7.69. The van der Waals surface area contributed by atoms with Crippen LogP contribution in [0.5, 0.6) is 23.0 Å². The molecular formula is C29H30FN3O6. The summed E-state index contributed by atoms with van der Waals surface area (Å²) in [4.78, 5) is 27.7. The highest BCUT2D eigenvalue weighted by molar-refractivity contribution is 6.05. The van der Waals surface area contributed by atoms with Crippen molar-refractivity contribution in [2.45, 2.75) is 12.5 Å². The molecule has 0 aromatic heterocycles. The average molecular weight is 536 g/mol. The first-order chi connectivity index (χ1) is 18.8. The molecule has 0 radical (unpaired) electrons. The van der Waals surface area contributed by atoms with E-state index in [4.69, 9.17) is 18.9 Å². The van der Waals surface area contributed by atoms with Crippen LogP contribution < -0.4 is 18.9 Å². The summed E-state index contributed by atoms with van der Waals surface area (Å²) in [5.74, 6) is 0.807. The molecule has 10 heteroatoms. The molecule has 204 valence electrons. The summed E-state index contributed by atoms with van der Waals surface area (Å²) in [6, 6.07) is 15.6. The van der Waals surface area contributed by atoms with Crippen molar-refractivity contribution in [3.05, 3.63) is 83.2 Å². The van der Waals surface area contributed by atoms with Crippen LogP contribution in [0.4, 0.5) is 4.39 Å². The second-order valence-electron chi connectivity index (χ2n) is 8.86. The Morgan fingerprint density at radius 2 is 1.67 bits per heavy atom. The molecule has 3 aromatic rings. The molecule has 2 amide bonds. The van der Waals surface area contributed by atoms with Gasteiger partial charge in [0.1, 0.15) is 23.9 Å². The van der Waals surface area contributed by atoms with Crippen molar-refractivity contribution in [2.24, 2.45) is 5.10 Å². The molecule has 0 bridgehead atoms. The number of methoxy groups -OCH3 is 4. The van der Waals surface area contributed by atoms with Crippen molar-refractivity contribution in [3.63, 3.8) is 0 Å². The van der Waals surface area contributed by atoms with Gasteiger partial charge in [0, 0.05) is 30.7 Å². The Labute approximate surface area is 226 Å². The van der Waals surface area contributed by atoms with Gasteiger partial charge >= 0.3 is 0 Å². The predicted molar refractivity (Wildman–Crippen MR) is 143 cm³/mol. The molecule has 0 N–H and O–H groups in total. The number of nitrogens with zero attached hydrogens (tertiary/aromatic N) is 3. The maximum Gasteiger partial charge on any atom is 0.262 e. The number of hydrogen-bond acceptors (Lipinski definition) is 7. The highest BCUT2D eigenvalue weighted by Gasteiger charge is 2.35. The average Bonchev–Trinajstić information content (AvgIpc) is 3.41. The molecule has 0 saturated heterocycles. The van der Waals surface area contributed by atoms with Gasteiger partial charge in [0.15, 0.2) is 11.5 Å². The Bertz CT molecular complexity index is 1410. The molecule has 1 heterocycles. The van der Waals surface area contributed by atoms with Crippen molar-refractivity contribution in [3.8, 4) is 23.0 Å². The zero-order valence-electron chi connectivity index (χ0n) is 22.4. The molecule has 1 unspecified atom stereocenters. The Morgan fingerprint density at radius 3 is 2.33 bits per heavy atom. The summed E-state index contributed by atoms with van der Waals surface area (Å²) >= 11 is 0. The number of carbonyl (C=O) groups is 2. The third-order valence-electron chi connectivity index (χ3n) is 6.47. The Kier molecular flexibility index (Phi) is 8.33. The van der Waals surface area contributed by atoms with Crippen molar-refractivity contribution in [1.29, 1.82) is 0 Å². The Morgan fingerprint density at radius 1 is 0.923 bits per heavy atom. The van der Waals surface area contributed by atoms with Gasteiger partial charge in [0.25, 0.3) is 11.8 Å². The molecule has 9 nitrogen and oxygen atoms in total. The number of rotatable bonds is 9. The molecule has 39 heavy (non-hydrogen) atoms. The molecule has 1 aliphatic rings. The van der Waals surface area contributed by atoms with Crippen LogP contribution in [0.3, 0.4) is 0 Å². The molecule has 4 rings (SSSR count). The summed E-state index contributed by atoms with van der Waals surface area (Å²) in [6.45, 7) is -0.268. The van der Waals surface area contributed by atoms with Crippen LogP contribution in [0, 0.1) is 5.82 Å². The minimum absolute atomic E-state index is 0.148. The van der Waals surface area contributed by atoms with Gasteiger partial charge in [0.05, 0.1) is 40.2 Å². The first-order valence-electron chi connectivity index (χ1n) is 12.1. The van der Waals surface area contributed by atoms with Gasteiger partial charge in [-0.2, -0.15) is 5.10 Å². The van der Waals surface area contributed by atoms with Crippen LogP contribution >= 0.6 is 0 Å². The second kappa shape index (κ2) is 11.8. The summed E-state index contributed by atoms with van der Waals surface area (Å²) < 4.78 is 35.4. The molecule has 0 spiro atoms. The summed E-state index contributed by atoms with van der Waals surface area (Å²) in [6.07, 6.45) is 0.380. The van der Waals surface area contributed by atoms with E-state index in [-0.39, 0.29) is 12.1 Å². The highest BCUT2D eigenvalue weighted by atomic mass is 19.1. The number of hydrogen-bond donors (Lipinski definition) is 0. The van der Waals surface area contributed by atoms with E-state index in [9.17, 15) is 14.0 Å². The van der Waals surface area contributed by atoms with Gasteiger partial charge in [-0.25, -0.2) is 9.40 Å². The molecule has 0 saturated carbocycles. The lowest BCUT2D eigenvalue weighted by molar-refractivity contribution is -0.133. The second-order valence-corrected chi connectivity index (χ2v) is 8.86. The fourth-order valence-electron chi connectivity index (χ4n) is 4.45. The largest absolute Gasteiger partial charge is 0.497 e. The zero-order valence-corrected chi connectivity index (χ0v) is 22.4. The van der Waals surface area contributed by atoms with Crippen LogP contribution in [0.2, 0.25) is 0 Å². The van der Waals surface area contributed by atoms with Crippen LogP contribution in [0.25, 0.3) is 0 Å². The highest BCUT2D eigenvalue weighted by Crippen LogP contribution is 2.39. The van der Waals surface area contributed by atoms with Crippen molar-refractivity contribution < 1.29 is 32.9 Å². The number of benzene rings is 3. The molecule has 3 aromatic carbocycles. The van der Waals surface area contributed by atoms with E-state index in [1.54, 1.807) is 45.6 Å². The monoisotopic (exact) mass is 535 g/mol. The SMILES string of the molecule is COc1ccc(C2=NN(C(=O)CN(C)C(=O)c3cccc(F)c3)C(c3ccc(OC)c(OC)c3)C2)c(OC)c1. The van der Waals surface area contributed by atoms with Gasteiger partial charge in [-0.3, -0.25) is 9.59 Å². The lowest BCUT2D eigenvalue weighted by Crippen LogP contribution is -2.39. The van der Waals surface area contributed by atoms with E-state index in [1.165, 1.54) is 42.3 Å². The van der Waals surface area contributed by atoms with Crippen molar-refractivity contribution in [1.82, 2.24) is 9.91 Å². The van der Waals surface area contributed by atoms with E-state index < -0.39 is 23.7 Å². The van der Waals surface area contributed by atoms with Gasteiger partial charge in [-0.15, -0.1) is 0 Å². The molecule has 1 aliphatic heterocycles. The number of hydrazone groups is 1. The lowest BCUT2D eigenvalue weighted by atomic mass is 9.97. The Hall–Kier alpha value is -4.60. The number of ether oxygens (including phenoxy) is 4. The van der Waals surface area contributed by atoms with Crippen LogP contribution in [-0.2, 0) is 4.79 Å². The van der Waals surface area contributed by atoms with E-state index in [2.05, 4.69) is 5.10 Å². The molecule has 1 atom stereocenters. The van der Waals surface area contributed by atoms with E-state index in [0.29, 0.717) is 40.7 Å². The molecular weight excluding hydrogens is 505 g/mol. The standard InChI is InChI=1S/C29H30FN3O6/c1-32(29(35)19-7-6-8-20(30)13-19)17-28(34)33-24(18-9-12-25(37-3)27(14-18)39-5)16-23(31-33)22-11-10-21(36-2)15-26(22)38-4/h6-15,24H,16-17H2,1-5H3. The minimum atomic E-state index is -0.531. The van der Waals surface area contributed by atoms with Crippen LogP contribution in [0.15, 0.2) is 65.8 Å². The minimum Gasteiger partial charge on any atom is -0.497 e. The van der Waals surface area contributed by atoms with Gasteiger partial charge in [-0.1, -0.05) is 12.1 Å². The quantitative estimate of drug-likeness (QED) is 0.406. The first kappa shape index (κ1) is 27.4. The zero-order chi connectivity index (χ0) is 28.1. The maximum absolute atomic E-state index is 13.7. The number of likely N-dealkylation sites (N-methyl/N-ethyl adjacent to an activating group) is 1. The fraction of sp³-hybridized carbons (Fsp3) is 0.276. The normalized spacial score (nSPS) is 14.5. The van der Waals surface area contributed by atoms with Gasteiger partial charge in [0.2, 0.25) is 0 Å².